The number of likely N-dealkylation sites (tertiary alicyclic amines) is 1. The fraction of sp³-hybridized carbons (Fsp3) is 0.923. The van der Waals surface area contributed by atoms with Gasteiger partial charge in [-0.2, -0.15) is 0 Å². The van der Waals surface area contributed by atoms with E-state index in [1.807, 2.05) is 11.8 Å². The molecule has 1 N–H and O–H groups in total. The molecule has 1 amide bonds. The van der Waals surface area contributed by atoms with E-state index >= 15 is 0 Å². The molecule has 3 heteroatoms. The van der Waals surface area contributed by atoms with Gasteiger partial charge in [0, 0.05) is 18.5 Å². The molecule has 0 radical (unpaired) electrons. The number of carbonyl (C=O) groups excluding carboxylic acids is 1. The molecule has 0 unspecified atom stereocenters. The first-order chi connectivity index (χ1) is 7.58. The average molecular weight is 225 g/mol. The van der Waals surface area contributed by atoms with Gasteiger partial charge in [-0.1, -0.05) is 6.92 Å². The summed E-state index contributed by atoms with van der Waals surface area (Å²) in [5.41, 5.74) is 0. The highest BCUT2D eigenvalue weighted by molar-refractivity contribution is 5.79. The molecule has 92 valence electrons. The summed E-state index contributed by atoms with van der Waals surface area (Å²) < 4.78 is 0. The summed E-state index contributed by atoms with van der Waals surface area (Å²) in [6, 6.07) is 0.224. The number of hydrogen-bond donors (Lipinski definition) is 1. The van der Waals surface area contributed by atoms with Gasteiger partial charge in [0.15, 0.2) is 0 Å². The van der Waals surface area contributed by atoms with Crippen LogP contribution in [0.2, 0.25) is 0 Å². The maximum atomic E-state index is 12.3. The van der Waals surface area contributed by atoms with Gasteiger partial charge >= 0.3 is 0 Å². The van der Waals surface area contributed by atoms with Gasteiger partial charge in [-0.05, 0) is 44.9 Å². The number of nitrogens with zero attached hydrogens (tertiary/aromatic N) is 1. The Bertz CT molecular complexity index is 259. The third-order valence-corrected chi connectivity index (χ3v) is 4.20. The molecule has 2 atom stereocenters. The smallest absolute Gasteiger partial charge is 0.226 e. The number of amides is 1. The lowest BCUT2D eigenvalue weighted by molar-refractivity contribution is -0.137. The van der Waals surface area contributed by atoms with Crippen LogP contribution in [0.4, 0.5) is 0 Å². The van der Waals surface area contributed by atoms with Crippen molar-refractivity contribution >= 4 is 5.91 Å². The van der Waals surface area contributed by atoms with E-state index in [2.05, 4.69) is 6.92 Å². The molecular weight excluding hydrogens is 202 g/mol. The fourth-order valence-corrected chi connectivity index (χ4v) is 3.05. The predicted molar refractivity (Wildman–Crippen MR) is 62.9 cm³/mol. The first-order valence-corrected chi connectivity index (χ1v) is 6.56. The van der Waals surface area contributed by atoms with Gasteiger partial charge in [-0.15, -0.1) is 0 Å². The van der Waals surface area contributed by atoms with Crippen LogP contribution >= 0.6 is 0 Å². The van der Waals surface area contributed by atoms with E-state index < -0.39 is 0 Å². The highest BCUT2D eigenvalue weighted by Gasteiger charge is 2.35. The standard InChI is InChI=1S/C13H23NO2/c1-9-3-5-11(6-4-9)13(16)14-8-12(15)7-10(14)2/h9-12,15H,3-8H2,1-2H3/t9?,10-,11?,12+/m0/s1. The molecule has 1 aliphatic heterocycles. The van der Waals surface area contributed by atoms with Gasteiger partial charge in [0.2, 0.25) is 5.91 Å². The molecule has 3 nitrogen and oxygen atoms in total. The molecule has 1 saturated heterocycles. The molecule has 0 bridgehead atoms. The molecular formula is C13H23NO2. The van der Waals surface area contributed by atoms with Crippen molar-refractivity contribution in [3.05, 3.63) is 0 Å². The minimum absolute atomic E-state index is 0.224. The van der Waals surface area contributed by atoms with Gasteiger partial charge in [0.05, 0.1) is 6.10 Å². The quantitative estimate of drug-likeness (QED) is 0.739. The van der Waals surface area contributed by atoms with Gasteiger partial charge in [0.25, 0.3) is 0 Å². The summed E-state index contributed by atoms with van der Waals surface area (Å²) in [5.74, 6) is 1.30. The van der Waals surface area contributed by atoms with E-state index in [1.165, 1.54) is 12.8 Å². The minimum Gasteiger partial charge on any atom is -0.391 e. The second-order valence-electron chi connectivity index (χ2n) is 5.69. The van der Waals surface area contributed by atoms with E-state index in [4.69, 9.17) is 0 Å². The van der Waals surface area contributed by atoms with Crippen LogP contribution in [0.1, 0.15) is 46.0 Å². The normalized spacial score (nSPS) is 40.1. The van der Waals surface area contributed by atoms with Crippen molar-refractivity contribution in [3.63, 3.8) is 0 Å². The number of hydrogen-bond acceptors (Lipinski definition) is 2. The number of rotatable bonds is 1. The third-order valence-electron chi connectivity index (χ3n) is 4.20. The van der Waals surface area contributed by atoms with Crippen molar-refractivity contribution < 1.29 is 9.90 Å². The van der Waals surface area contributed by atoms with Crippen molar-refractivity contribution in [2.45, 2.75) is 58.1 Å². The summed E-state index contributed by atoms with van der Waals surface area (Å²) in [4.78, 5) is 14.2. The predicted octanol–water partition coefficient (Wildman–Crippen LogP) is 1.79. The van der Waals surface area contributed by atoms with E-state index in [0.29, 0.717) is 6.54 Å². The molecule has 0 spiro atoms. The lowest BCUT2D eigenvalue weighted by atomic mass is 9.82. The Hall–Kier alpha value is -0.570. The molecule has 0 aromatic rings. The molecule has 2 fully saturated rings. The molecule has 16 heavy (non-hydrogen) atoms. The van der Waals surface area contributed by atoms with Crippen LogP contribution in [0, 0.1) is 11.8 Å². The first kappa shape index (κ1) is 11.9. The van der Waals surface area contributed by atoms with Gasteiger partial charge in [0.1, 0.15) is 0 Å². The van der Waals surface area contributed by atoms with E-state index in [0.717, 1.165) is 25.2 Å². The zero-order chi connectivity index (χ0) is 11.7. The monoisotopic (exact) mass is 225 g/mol. The van der Waals surface area contributed by atoms with E-state index in [-0.39, 0.29) is 24.0 Å². The molecule has 1 aliphatic carbocycles. The maximum absolute atomic E-state index is 12.3. The number of carbonyl (C=O) groups is 1. The summed E-state index contributed by atoms with van der Waals surface area (Å²) in [6.07, 6.45) is 4.89. The van der Waals surface area contributed by atoms with Crippen LogP contribution in [-0.2, 0) is 4.79 Å². The number of aliphatic hydroxyl groups excluding tert-OH is 1. The van der Waals surface area contributed by atoms with E-state index in [9.17, 15) is 9.90 Å². The van der Waals surface area contributed by atoms with E-state index in [1.54, 1.807) is 0 Å². The highest BCUT2D eigenvalue weighted by Crippen LogP contribution is 2.31. The largest absolute Gasteiger partial charge is 0.391 e. The Balaban J connectivity index is 1.92. The average Bonchev–Trinajstić information content (AvgIpc) is 2.58. The zero-order valence-corrected chi connectivity index (χ0v) is 10.4. The molecule has 1 saturated carbocycles. The maximum Gasteiger partial charge on any atom is 0.226 e. The second kappa shape index (κ2) is 4.74. The Kier molecular flexibility index (Phi) is 3.53. The van der Waals surface area contributed by atoms with Crippen LogP contribution in [0.5, 0.6) is 0 Å². The highest BCUT2D eigenvalue weighted by atomic mass is 16.3. The Labute approximate surface area is 97.8 Å². The number of β-amino-alcohol motifs (C(OH)–C–C–N with tert-alkyl or cyclic N) is 1. The third kappa shape index (κ3) is 2.40. The molecule has 0 aromatic heterocycles. The minimum atomic E-state index is -0.304. The van der Waals surface area contributed by atoms with Crippen LogP contribution in [0.3, 0.4) is 0 Å². The van der Waals surface area contributed by atoms with Gasteiger partial charge < -0.3 is 10.0 Å². The summed E-state index contributed by atoms with van der Waals surface area (Å²) in [5, 5.41) is 9.57. The van der Waals surface area contributed by atoms with Crippen LogP contribution in [-0.4, -0.2) is 34.6 Å². The topological polar surface area (TPSA) is 40.5 Å². The van der Waals surface area contributed by atoms with Crippen molar-refractivity contribution in [1.82, 2.24) is 4.90 Å². The van der Waals surface area contributed by atoms with Crippen LogP contribution < -0.4 is 0 Å². The van der Waals surface area contributed by atoms with Gasteiger partial charge in [-0.25, -0.2) is 0 Å². The Morgan fingerprint density at radius 2 is 1.81 bits per heavy atom. The first-order valence-electron chi connectivity index (χ1n) is 6.56. The summed E-state index contributed by atoms with van der Waals surface area (Å²) in [6.45, 7) is 4.86. The van der Waals surface area contributed by atoms with Crippen molar-refractivity contribution in [2.24, 2.45) is 11.8 Å². The lowest BCUT2D eigenvalue weighted by Gasteiger charge is -2.30. The van der Waals surface area contributed by atoms with Gasteiger partial charge in [-0.3, -0.25) is 4.79 Å². The summed E-state index contributed by atoms with van der Waals surface area (Å²) in [7, 11) is 0. The Morgan fingerprint density at radius 1 is 1.19 bits per heavy atom. The molecule has 1 heterocycles. The zero-order valence-electron chi connectivity index (χ0n) is 10.4. The lowest BCUT2D eigenvalue weighted by Crippen LogP contribution is -2.40. The summed E-state index contributed by atoms with van der Waals surface area (Å²) >= 11 is 0. The van der Waals surface area contributed by atoms with Crippen LogP contribution in [0.15, 0.2) is 0 Å². The molecule has 0 aromatic carbocycles. The SMILES string of the molecule is CC1CCC(C(=O)N2C[C@H](O)C[C@@H]2C)CC1. The number of aliphatic hydroxyl groups is 1. The molecule has 2 rings (SSSR count). The van der Waals surface area contributed by atoms with Crippen molar-refractivity contribution in [1.29, 1.82) is 0 Å². The Morgan fingerprint density at radius 3 is 2.31 bits per heavy atom. The molecule has 2 aliphatic rings. The van der Waals surface area contributed by atoms with Crippen molar-refractivity contribution in [2.75, 3.05) is 6.54 Å². The fourth-order valence-electron chi connectivity index (χ4n) is 3.05. The van der Waals surface area contributed by atoms with Crippen LogP contribution in [0.25, 0.3) is 0 Å². The second-order valence-corrected chi connectivity index (χ2v) is 5.69. The van der Waals surface area contributed by atoms with Crippen molar-refractivity contribution in [3.8, 4) is 0 Å².